The van der Waals surface area contributed by atoms with Crippen LogP contribution in [-0.4, -0.2) is 61.0 Å². The largest absolute Gasteiger partial charge is 0.466 e. The van der Waals surface area contributed by atoms with Crippen LogP contribution in [0.4, 0.5) is 0 Å². The zero-order chi connectivity index (χ0) is 19.1. The number of rotatable bonds is 8. The molecule has 1 amide bonds. The summed E-state index contributed by atoms with van der Waals surface area (Å²) >= 11 is 12.0. The van der Waals surface area contributed by atoms with E-state index in [1.807, 2.05) is 13.1 Å². The lowest BCUT2D eigenvalue weighted by Gasteiger charge is -2.31. The Morgan fingerprint density at radius 3 is 2.54 bits per heavy atom. The van der Waals surface area contributed by atoms with E-state index in [0.717, 1.165) is 25.2 Å². The lowest BCUT2D eigenvalue weighted by atomic mass is 10.1. The molecule has 1 heterocycles. The zero-order valence-corrected chi connectivity index (χ0v) is 16.9. The van der Waals surface area contributed by atoms with Gasteiger partial charge in [-0.05, 0) is 43.6 Å². The molecule has 0 saturated carbocycles. The average molecular weight is 401 g/mol. The van der Waals surface area contributed by atoms with Gasteiger partial charge in [0.1, 0.15) is 0 Å². The lowest BCUT2D eigenvalue weighted by Crippen LogP contribution is -2.45. The Kier molecular flexibility index (Phi) is 8.19. The fraction of sp³-hybridized carbons (Fsp3) is 0.579. The van der Waals surface area contributed by atoms with Gasteiger partial charge in [0.05, 0.1) is 23.1 Å². The molecule has 7 heteroatoms. The van der Waals surface area contributed by atoms with E-state index < -0.39 is 0 Å². The molecule has 1 fully saturated rings. The van der Waals surface area contributed by atoms with Crippen molar-refractivity contribution in [2.24, 2.45) is 0 Å². The number of hydrogen-bond donors (Lipinski definition) is 0. The van der Waals surface area contributed by atoms with Crippen molar-refractivity contribution in [3.63, 3.8) is 0 Å². The molecule has 1 aliphatic rings. The highest BCUT2D eigenvalue weighted by atomic mass is 35.5. The quantitative estimate of drug-likeness (QED) is 0.627. The van der Waals surface area contributed by atoms with Gasteiger partial charge in [0.15, 0.2) is 0 Å². The summed E-state index contributed by atoms with van der Waals surface area (Å²) in [5, 5.41) is 0.924. The molecular formula is C19H26Cl2N2O3. The number of nitrogens with zero attached hydrogens (tertiary/aromatic N) is 2. The van der Waals surface area contributed by atoms with Gasteiger partial charge in [-0.1, -0.05) is 29.3 Å². The Morgan fingerprint density at radius 2 is 1.92 bits per heavy atom. The molecule has 2 rings (SSSR count). The van der Waals surface area contributed by atoms with Crippen LogP contribution in [0.3, 0.4) is 0 Å². The predicted octanol–water partition coefficient (Wildman–Crippen LogP) is 3.41. The monoisotopic (exact) mass is 400 g/mol. The smallest absolute Gasteiger partial charge is 0.302 e. The van der Waals surface area contributed by atoms with Crippen molar-refractivity contribution < 1.29 is 14.3 Å². The molecule has 144 valence electrons. The fourth-order valence-corrected chi connectivity index (χ4v) is 3.48. The Labute approximate surface area is 165 Å². The number of amides is 1. The Morgan fingerprint density at radius 1 is 1.23 bits per heavy atom. The summed E-state index contributed by atoms with van der Waals surface area (Å²) in [6, 6.07) is 5.25. The molecule has 1 aromatic carbocycles. The number of likely N-dealkylation sites (N-methyl/N-ethyl adjacent to an activating group) is 1. The van der Waals surface area contributed by atoms with Crippen LogP contribution in [0.2, 0.25) is 10.0 Å². The van der Waals surface area contributed by atoms with E-state index in [2.05, 4.69) is 4.90 Å². The highest BCUT2D eigenvalue weighted by Crippen LogP contribution is 2.23. The minimum atomic E-state index is -0.297. The minimum Gasteiger partial charge on any atom is -0.466 e. The van der Waals surface area contributed by atoms with Gasteiger partial charge in [-0.25, -0.2) is 0 Å². The van der Waals surface area contributed by atoms with Crippen molar-refractivity contribution in [1.29, 1.82) is 0 Å². The maximum Gasteiger partial charge on any atom is 0.302 e. The first-order chi connectivity index (χ1) is 12.4. The number of ether oxygens (including phenoxy) is 1. The van der Waals surface area contributed by atoms with Crippen LogP contribution in [0.25, 0.3) is 0 Å². The summed E-state index contributed by atoms with van der Waals surface area (Å²) in [5.41, 5.74) is 0.830. The second-order valence-electron chi connectivity index (χ2n) is 6.72. The van der Waals surface area contributed by atoms with Gasteiger partial charge in [0.2, 0.25) is 5.91 Å². The first-order valence-corrected chi connectivity index (χ1v) is 9.67. The van der Waals surface area contributed by atoms with Crippen molar-refractivity contribution in [2.45, 2.75) is 38.6 Å². The van der Waals surface area contributed by atoms with Gasteiger partial charge in [0, 0.05) is 33.0 Å². The van der Waals surface area contributed by atoms with Gasteiger partial charge in [-0.3, -0.25) is 9.59 Å². The summed E-state index contributed by atoms with van der Waals surface area (Å²) in [4.78, 5) is 27.9. The molecule has 1 aromatic rings. The van der Waals surface area contributed by atoms with Gasteiger partial charge < -0.3 is 14.5 Å². The molecule has 0 aromatic heterocycles. The van der Waals surface area contributed by atoms with Gasteiger partial charge >= 0.3 is 5.97 Å². The lowest BCUT2D eigenvalue weighted by molar-refractivity contribution is -0.141. The van der Waals surface area contributed by atoms with Crippen LogP contribution in [0.1, 0.15) is 31.7 Å². The number of likely N-dealkylation sites (tertiary alicyclic amines) is 1. The van der Waals surface area contributed by atoms with Crippen LogP contribution in [0, 0.1) is 0 Å². The second-order valence-corrected chi connectivity index (χ2v) is 7.53. The van der Waals surface area contributed by atoms with Gasteiger partial charge in [0.25, 0.3) is 0 Å². The highest BCUT2D eigenvalue weighted by Gasteiger charge is 2.24. The maximum absolute atomic E-state index is 12.7. The predicted molar refractivity (Wildman–Crippen MR) is 104 cm³/mol. The minimum absolute atomic E-state index is 0.00252. The zero-order valence-electron chi connectivity index (χ0n) is 15.3. The third-order valence-electron chi connectivity index (χ3n) is 4.70. The summed E-state index contributed by atoms with van der Waals surface area (Å²) in [6.45, 7) is 4.62. The molecule has 0 aliphatic carbocycles. The van der Waals surface area contributed by atoms with Crippen LogP contribution in [0.15, 0.2) is 18.2 Å². The average Bonchev–Trinajstić information content (AvgIpc) is 3.09. The number of hydrogen-bond acceptors (Lipinski definition) is 4. The highest BCUT2D eigenvalue weighted by molar-refractivity contribution is 6.42. The Hall–Kier alpha value is -1.30. The van der Waals surface area contributed by atoms with Crippen molar-refractivity contribution in [3.8, 4) is 0 Å². The van der Waals surface area contributed by atoms with Gasteiger partial charge in [-0.15, -0.1) is 0 Å². The molecule has 1 aliphatic heterocycles. The van der Waals surface area contributed by atoms with E-state index in [1.165, 1.54) is 19.8 Å². The standard InChI is InChI=1S/C19H26Cl2N2O3/c1-14(24)26-10-7-16(13-23-8-3-4-9-23)22(2)19(25)12-15-5-6-17(20)18(21)11-15/h5-6,11,16H,3-4,7-10,12-13H2,1-2H3. The molecule has 0 radical (unpaired) electrons. The van der Waals surface area contributed by atoms with Crippen LogP contribution in [-0.2, 0) is 20.7 Å². The number of halogens is 2. The van der Waals surface area contributed by atoms with Crippen molar-refractivity contribution >= 4 is 35.1 Å². The fourth-order valence-electron chi connectivity index (χ4n) is 3.16. The normalized spacial score (nSPS) is 15.7. The van der Waals surface area contributed by atoms with E-state index in [1.54, 1.807) is 17.0 Å². The van der Waals surface area contributed by atoms with Crippen molar-refractivity contribution in [1.82, 2.24) is 9.80 Å². The molecule has 5 nitrogen and oxygen atoms in total. The molecule has 0 spiro atoms. The first-order valence-electron chi connectivity index (χ1n) is 8.92. The van der Waals surface area contributed by atoms with Crippen molar-refractivity contribution in [2.75, 3.05) is 33.3 Å². The Balaban J connectivity index is 1.99. The van der Waals surface area contributed by atoms with E-state index in [4.69, 9.17) is 27.9 Å². The topological polar surface area (TPSA) is 49.9 Å². The summed E-state index contributed by atoms with van der Waals surface area (Å²) in [5.74, 6) is -0.287. The van der Waals surface area contributed by atoms with E-state index in [0.29, 0.717) is 23.1 Å². The number of benzene rings is 1. The summed E-state index contributed by atoms with van der Waals surface area (Å²) in [6.07, 6.45) is 3.27. The Bertz CT molecular complexity index is 633. The van der Waals surface area contributed by atoms with Crippen molar-refractivity contribution in [3.05, 3.63) is 33.8 Å². The van der Waals surface area contributed by atoms with Gasteiger partial charge in [-0.2, -0.15) is 0 Å². The number of carbonyl (C=O) groups excluding carboxylic acids is 2. The molecule has 1 atom stereocenters. The SMILES string of the molecule is CC(=O)OCCC(CN1CCCC1)N(C)C(=O)Cc1ccc(Cl)c(Cl)c1. The van der Waals surface area contributed by atoms with Crippen LogP contribution < -0.4 is 0 Å². The molecule has 0 bridgehead atoms. The summed E-state index contributed by atoms with van der Waals surface area (Å²) < 4.78 is 5.09. The second kappa shape index (κ2) is 10.1. The van der Waals surface area contributed by atoms with E-state index in [9.17, 15) is 9.59 Å². The van der Waals surface area contributed by atoms with Crippen LogP contribution >= 0.6 is 23.2 Å². The number of esters is 1. The van der Waals surface area contributed by atoms with E-state index >= 15 is 0 Å². The third-order valence-corrected chi connectivity index (χ3v) is 5.44. The molecular weight excluding hydrogens is 375 g/mol. The van der Waals surface area contributed by atoms with E-state index in [-0.39, 0.29) is 24.3 Å². The molecule has 1 unspecified atom stereocenters. The summed E-state index contributed by atoms with van der Waals surface area (Å²) in [7, 11) is 1.81. The molecule has 1 saturated heterocycles. The van der Waals surface area contributed by atoms with Crippen LogP contribution in [0.5, 0.6) is 0 Å². The number of carbonyl (C=O) groups is 2. The maximum atomic E-state index is 12.7. The molecule has 26 heavy (non-hydrogen) atoms. The molecule has 0 N–H and O–H groups in total. The third kappa shape index (κ3) is 6.45. The first kappa shape index (κ1) is 21.0.